The number of amides is 2. The Morgan fingerprint density at radius 1 is 1.08 bits per heavy atom. The van der Waals surface area contributed by atoms with Crippen LogP contribution >= 0.6 is 15.9 Å². The van der Waals surface area contributed by atoms with Gasteiger partial charge in [0.1, 0.15) is 6.54 Å². The molecule has 3 aromatic rings. The maximum absolute atomic E-state index is 12.8. The lowest BCUT2D eigenvalue weighted by Gasteiger charge is -2.20. The predicted molar refractivity (Wildman–Crippen MR) is 106 cm³/mol. The van der Waals surface area contributed by atoms with E-state index in [0.29, 0.717) is 5.56 Å². The Bertz CT molecular complexity index is 1030. The molecule has 3 aromatic carbocycles. The molecule has 5 heteroatoms. The lowest BCUT2D eigenvalue weighted by Crippen LogP contribution is -2.39. The number of halogens is 1. The van der Waals surface area contributed by atoms with Crippen LogP contribution in [0.2, 0.25) is 0 Å². The van der Waals surface area contributed by atoms with Gasteiger partial charge in [-0.2, -0.15) is 0 Å². The van der Waals surface area contributed by atoms with E-state index in [1.54, 1.807) is 4.90 Å². The summed E-state index contributed by atoms with van der Waals surface area (Å²) in [6.45, 7) is 1.93. The van der Waals surface area contributed by atoms with Crippen LogP contribution in [-0.4, -0.2) is 18.4 Å². The molecular weight excluding hydrogens is 392 g/mol. The minimum absolute atomic E-state index is 0.00141. The van der Waals surface area contributed by atoms with Crippen molar-refractivity contribution >= 4 is 44.2 Å². The first-order chi connectivity index (χ1) is 12.6. The summed E-state index contributed by atoms with van der Waals surface area (Å²) in [6.07, 6.45) is 0. The van der Waals surface area contributed by atoms with Gasteiger partial charge in [-0.1, -0.05) is 58.4 Å². The highest BCUT2D eigenvalue weighted by atomic mass is 79.9. The molecule has 0 bridgehead atoms. The predicted octanol–water partition coefficient (Wildman–Crippen LogP) is 4.44. The summed E-state index contributed by atoms with van der Waals surface area (Å²) in [4.78, 5) is 26.9. The van der Waals surface area contributed by atoms with Crippen LogP contribution in [0.1, 0.15) is 28.9 Å². The van der Waals surface area contributed by atoms with Crippen molar-refractivity contribution in [3.63, 3.8) is 0 Å². The lowest BCUT2D eigenvalue weighted by molar-refractivity contribution is -0.120. The first-order valence-corrected chi connectivity index (χ1v) is 9.23. The van der Waals surface area contributed by atoms with Gasteiger partial charge in [0.2, 0.25) is 5.91 Å². The first kappa shape index (κ1) is 16.8. The van der Waals surface area contributed by atoms with Crippen LogP contribution in [-0.2, 0) is 4.79 Å². The molecule has 1 atom stereocenters. The summed E-state index contributed by atoms with van der Waals surface area (Å²) < 4.78 is 0.947. The van der Waals surface area contributed by atoms with Crippen LogP contribution in [0, 0.1) is 0 Å². The quantitative estimate of drug-likeness (QED) is 0.693. The molecule has 2 amide bonds. The molecule has 0 spiro atoms. The Labute approximate surface area is 159 Å². The molecule has 4 nitrogen and oxygen atoms in total. The molecule has 0 saturated heterocycles. The van der Waals surface area contributed by atoms with E-state index in [1.165, 1.54) is 0 Å². The molecule has 0 aromatic heterocycles. The standard InChI is InChI=1S/C21H17BrN2O2/c1-13(15-8-2-3-10-17(15)22)23-19(25)12-24-18-11-5-7-14-6-4-9-16(20(14)18)21(24)26/h2-11,13H,12H2,1H3,(H,23,25)/t13-/m1/s1. The average molecular weight is 409 g/mol. The minimum atomic E-state index is -0.189. The molecule has 4 rings (SSSR count). The van der Waals surface area contributed by atoms with Crippen molar-refractivity contribution in [3.8, 4) is 0 Å². The third kappa shape index (κ3) is 2.78. The number of benzene rings is 3. The second kappa shape index (κ2) is 6.57. The van der Waals surface area contributed by atoms with Gasteiger partial charge in [0.05, 0.1) is 11.7 Å². The highest BCUT2D eigenvalue weighted by Gasteiger charge is 2.31. The van der Waals surface area contributed by atoms with E-state index in [2.05, 4.69) is 21.2 Å². The van der Waals surface area contributed by atoms with Crippen molar-refractivity contribution < 1.29 is 9.59 Å². The van der Waals surface area contributed by atoms with Gasteiger partial charge < -0.3 is 5.32 Å². The van der Waals surface area contributed by atoms with Crippen molar-refractivity contribution in [3.05, 3.63) is 76.3 Å². The van der Waals surface area contributed by atoms with Crippen molar-refractivity contribution in [2.75, 3.05) is 11.4 Å². The third-order valence-corrected chi connectivity index (χ3v) is 5.42. The fourth-order valence-electron chi connectivity index (χ4n) is 3.47. The van der Waals surface area contributed by atoms with E-state index in [0.717, 1.165) is 26.5 Å². The maximum atomic E-state index is 12.8. The Morgan fingerprint density at radius 2 is 1.81 bits per heavy atom. The van der Waals surface area contributed by atoms with Crippen LogP contribution < -0.4 is 10.2 Å². The van der Waals surface area contributed by atoms with E-state index >= 15 is 0 Å². The summed E-state index contributed by atoms with van der Waals surface area (Å²) in [5.74, 6) is -0.313. The number of carbonyl (C=O) groups is 2. The molecule has 1 heterocycles. The van der Waals surface area contributed by atoms with Crippen molar-refractivity contribution in [2.45, 2.75) is 13.0 Å². The zero-order valence-electron chi connectivity index (χ0n) is 14.2. The van der Waals surface area contributed by atoms with Crippen molar-refractivity contribution in [1.29, 1.82) is 0 Å². The van der Waals surface area contributed by atoms with Crippen LogP contribution in [0.3, 0.4) is 0 Å². The van der Waals surface area contributed by atoms with Gasteiger partial charge in [0.25, 0.3) is 5.91 Å². The topological polar surface area (TPSA) is 49.4 Å². The lowest BCUT2D eigenvalue weighted by atomic mass is 10.1. The molecule has 0 fully saturated rings. The van der Waals surface area contributed by atoms with Gasteiger partial charge in [0.15, 0.2) is 0 Å². The van der Waals surface area contributed by atoms with Crippen LogP contribution in [0.5, 0.6) is 0 Å². The largest absolute Gasteiger partial charge is 0.348 e. The molecule has 0 radical (unpaired) electrons. The van der Waals surface area contributed by atoms with E-state index in [4.69, 9.17) is 0 Å². The zero-order valence-corrected chi connectivity index (χ0v) is 15.8. The van der Waals surface area contributed by atoms with E-state index in [-0.39, 0.29) is 24.4 Å². The molecular formula is C21H17BrN2O2. The van der Waals surface area contributed by atoms with Crippen molar-refractivity contribution in [1.82, 2.24) is 5.32 Å². The van der Waals surface area contributed by atoms with Crippen LogP contribution in [0.15, 0.2) is 65.1 Å². The summed E-state index contributed by atoms with van der Waals surface area (Å²) >= 11 is 3.51. The summed E-state index contributed by atoms with van der Waals surface area (Å²) in [5, 5.41) is 4.92. The number of hydrogen-bond donors (Lipinski definition) is 1. The number of hydrogen-bond acceptors (Lipinski definition) is 2. The Morgan fingerprint density at radius 3 is 2.58 bits per heavy atom. The van der Waals surface area contributed by atoms with E-state index in [1.807, 2.05) is 67.6 Å². The number of anilines is 1. The summed E-state index contributed by atoms with van der Waals surface area (Å²) in [7, 11) is 0. The van der Waals surface area contributed by atoms with E-state index in [9.17, 15) is 9.59 Å². The number of carbonyl (C=O) groups excluding carboxylic acids is 2. The highest BCUT2D eigenvalue weighted by Crippen LogP contribution is 2.36. The van der Waals surface area contributed by atoms with Gasteiger partial charge >= 0.3 is 0 Å². The average Bonchev–Trinajstić information content (AvgIpc) is 2.90. The van der Waals surface area contributed by atoms with Crippen LogP contribution in [0.4, 0.5) is 5.69 Å². The Balaban J connectivity index is 1.55. The molecule has 0 saturated carbocycles. The minimum Gasteiger partial charge on any atom is -0.348 e. The van der Waals surface area contributed by atoms with Gasteiger partial charge in [-0.3, -0.25) is 14.5 Å². The van der Waals surface area contributed by atoms with Gasteiger partial charge in [-0.05, 0) is 36.1 Å². The zero-order chi connectivity index (χ0) is 18.3. The number of nitrogens with zero attached hydrogens (tertiary/aromatic N) is 1. The van der Waals surface area contributed by atoms with Gasteiger partial charge in [0, 0.05) is 15.4 Å². The fraction of sp³-hybridized carbons (Fsp3) is 0.143. The van der Waals surface area contributed by atoms with Crippen molar-refractivity contribution in [2.24, 2.45) is 0 Å². The van der Waals surface area contributed by atoms with Crippen LogP contribution in [0.25, 0.3) is 10.8 Å². The first-order valence-electron chi connectivity index (χ1n) is 8.43. The molecule has 0 aliphatic carbocycles. The third-order valence-electron chi connectivity index (χ3n) is 4.70. The van der Waals surface area contributed by atoms with Gasteiger partial charge in [-0.15, -0.1) is 0 Å². The molecule has 1 aliphatic heterocycles. The van der Waals surface area contributed by atoms with Gasteiger partial charge in [-0.25, -0.2) is 0 Å². The molecule has 1 N–H and O–H groups in total. The fourth-order valence-corrected chi connectivity index (χ4v) is 4.10. The smallest absolute Gasteiger partial charge is 0.259 e. The highest BCUT2D eigenvalue weighted by molar-refractivity contribution is 9.10. The maximum Gasteiger partial charge on any atom is 0.259 e. The molecule has 130 valence electrons. The monoisotopic (exact) mass is 408 g/mol. The van der Waals surface area contributed by atoms with E-state index < -0.39 is 0 Å². The Hall–Kier alpha value is -2.66. The SMILES string of the molecule is C[C@@H](NC(=O)CN1C(=O)c2cccc3cccc1c23)c1ccccc1Br. The Kier molecular flexibility index (Phi) is 4.24. The summed E-state index contributed by atoms with van der Waals surface area (Å²) in [6, 6.07) is 19.1. The molecule has 1 aliphatic rings. The normalized spacial score (nSPS) is 13.9. The second-order valence-electron chi connectivity index (χ2n) is 6.38. The second-order valence-corrected chi connectivity index (χ2v) is 7.24. The summed E-state index contributed by atoms with van der Waals surface area (Å²) in [5.41, 5.74) is 2.45. The molecule has 0 unspecified atom stereocenters. The number of nitrogens with one attached hydrogen (secondary N) is 1. The number of rotatable bonds is 4. The molecule has 26 heavy (non-hydrogen) atoms.